The largest absolute Gasteiger partial charge is 0.573 e. The Morgan fingerprint density at radius 2 is 1.84 bits per heavy atom. The van der Waals surface area contributed by atoms with Crippen LogP contribution in [0, 0.1) is 0 Å². The normalized spacial score (nSPS) is 15.0. The first-order chi connectivity index (χ1) is 17.5. The second-order valence-corrected chi connectivity index (χ2v) is 9.01. The number of hydrogen-bond acceptors (Lipinski definition) is 5. The molecule has 2 aromatic rings. The van der Waals surface area contributed by atoms with Crippen LogP contribution in [0.2, 0.25) is 0 Å². The van der Waals surface area contributed by atoms with E-state index >= 15 is 0 Å². The lowest BCUT2D eigenvalue weighted by Gasteiger charge is -2.26. The van der Waals surface area contributed by atoms with Crippen LogP contribution in [0.1, 0.15) is 49.9 Å². The minimum absolute atomic E-state index is 0.0391. The summed E-state index contributed by atoms with van der Waals surface area (Å²) in [5.74, 6) is -0.176. The summed E-state index contributed by atoms with van der Waals surface area (Å²) in [5, 5.41) is 0. The van der Waals surface area contributed by atoms with E-state index in [-0.39, 0.29) is 23.5 Å². The number of methoxy groups -OCH3 is 1. The van der Waals surface area contributed by atoms with E-state index in [1.807, 2.05) is 6.92 Å². The van der Waals surface area contributed by atoms with Crippen molar-refractivity contribution in [3.8, 4) is 22.6 Å². The fourth-order valence-corrected chi connectivity index (χ4v) is 4.15. The molecule has 1 aliphatic rings. The molecule has 0 radical (unpaired) electrons. The highest BCUT2D eigenvalue weighted by atomic mass is 19.4. The van der Waals surface area contributed by atoms with E-state index in [4.69, 9.17) is 9.47 Å². The molecule has 0 spiro atoms. The maximum atomic E-state index is 13.2. The first-order valence-electron chi connectivity index (χ1n) is 12.1. The number of alkyl halides is 3. The molecular weight excluding hydrogens is 487 g/mol. The molecule has 1 amide bonds. The fraction of sp³-hybridized carbons (Fsp3) is 0.429. The number of hydrogen-bond donors (Lipinski definition) is 0. The van der Waals surface area contributed by atoms with Gasteiger partial charge in [0.1, 0.15) is 17.1 Å². The smallest absolute Gasteiger partial charge is 0.496 e. The Morgan fingerprint density at radius 1 is 1.16 bits per heavy atom. The van der Waals surface area contributed by atoms with Gasteiger partial charge in [0.05, 0.1) is 13.2 Å². The molecule has 0 aromatic heterocycles. The van der Waals surface area contributed by atoms with E-state index in [2.05, 4.69) is 11.3 Å². The van der Waals surface area contributed by atoms with Crippen molar-refractivity contribution in [1.82, 2.24) is 4.90 Å². The Morgan fingerprint density at radius 3 is 2.35 bits per heavy atom. The van der Waals surface area contributed by atoms with Gasteiger partial charge in [-0.15, -0.1) is 19.8 Å². The summed E-state index contributed by atoms with van der Waals surface area (Å²) in [7, 11) is 1.42. The molecule has 200 valence electrons. The first kappa shape index (κ1) is 28.2. The summed E-state index contributed by atoms with van der Waals surface area (Å²) in [5.41, 5.74) is 0.722. The Hall–Kier alpha value is -3.33. The Bertz CT molecular complexity index is 1110. The number of Topliss-reactive ketones (excluding diaryl/α,β-unsaturated/α-hetero) is 1. The Labute approximate surface area is 215 Å². The average Bonchev–Trinajstić information content (AvgIpc) is 3.65. The molecule has 1 unspecified atom stereocenters. The zero-order chi connectivity index (χ0) is 27.2. The SMILES string of the molecule is C=CCN(CCC(CC)OC1(C(C)=O)CC1)C(=O)c1ccc(-c2cc(OC(F)(F)F)ccc2OC)cc1. The van der Waals surface area contributed by atoms with Crippen molar-refractivity contribution in [2.24, 2.45) is 0 Å². The molecule has 1 saturated carbocycles. The summed E-state index contributed by atoms with van der Waals surface area (Å²) in [6.07, 6.45) is -0.557. The second-order valence-electron chi connectivity index (χ2n) is 9.01. The van der Waals surface area contributed by atoms with Crippen molar-refractivity contribution >= 4 is 11.7 Å². The summed E-state index contributed by atoms with van der Waals surface area (Å²) in [6.45, 7) is 8.04. The molecule has 0 saturated heterocycles. The van der Waals surface area contributed by atoms with Gasteiger partial charge in [-0.2, -0.15) is 0 Å². The van der Waals surface area contributed by atoms with Crippen molar-refractivity contribution in [3.05, 3.63) is 60.7 Å². The minimum atomic E-state index is -4.82. The number of benzene rings is 2. The molecule has 0 heterocycles. The lowest BCUT2D eigenvalue weighted by atomic mass is 10.0. The molecule has 1 aliphatic carbocycles. The maximum absolute atomic E-state index is 13.2. The lowest BCUT2D eigenvalue weighted by Crippen LogP contribution is -2.36. The zero-order valence-electron chi connectivity index (χ0n) is 21.3. The quantitative estimate of drug-likeness (QED) is 0.295. The third kappa shape index (κ3) is 7.35. The Kier molecular flexibility index (Phi) is 9.02. The molecule has 3 rings (SSSR count). The molecular formula is C28H32F3NO5. The van der Waals surface area contributed by atoms with Gasteiger partial charge >= 0.3 is 6.36 Å². The van der Waals surface area contributed by atoms with Gasteiger partial charge in [0.2, 0.25) is 0 Å². The van der Waals surface area contributed by atoms with E-state index in [0.717, 1.165) is 19.3 Å². The molecule has 0 N–H and O–H groups in total. The number of halogens is 3. The third-order valence-electron chi connectivity index (χ3n) is 6.40. The number of ketones is 1. The van der Waals surface area contributed by atoms with Gasteiger partial charge < -0.3 is 19.1 Å². The van der Waals surface area contributed by atoms with Gasteiger partial charge in [-0.05, 0) is 68.5 Å². The van der Waals surface area contributed by atoms with Gasteiger partial charge in [0.25, 0.3) is 5.91 Å². The van der Waals surface area contributed by atoms with E-state index in [0.29, 0.717) is 42.0 Å². The van der Waals surface area contributed by atoms with Crippen LogP contribution in [0.4, 0.5) is 13.2 Å². The molecule has 2 aromatic carbocycles. The molecule has 9 heteroatoms. The van der Waals surface area contributed by atoms with Crippen molar-refractivity contribution in [2.75, 3.05) is 20.2 Å². The van der Waals surface area contributed by atoms with Crippen LogP contribution in [0.25, 0.3) is 11.1 Å². The van der Waals surface area contributed by atoms with Crippen LogP contribution in [-0.2, 0) is 9.53 Å². The number of nitrogens with zero attached hydrogens (tertiary/aromatic N) is 1. The summed E-state index contributed by atoms with van der Waals surface area (Å²) >= 11 is 0. The number of carbonyl (C=O) groups is 2. The standard InChI is InChI=1S/C28H32F3NO5/c1-5-16-32(17-13-22(6-2)36-27(14-15-27)19(3)33)26(34)21-9-7-20(8-10-21)24-18-23(37-28(29,30)31)11-12-25(24)35-4/h5,7-12,18,22H,1,6,13-17H2,2-4H3. The highest BCUT2D eigenvalue weighted by molar-refractivity contribution is 5.95. The first-order valence-corrected chi connectivity index (χ1v) is 12.1. The molecule has 0 aliphatic heterocycles. The van der Waals surface area contributed by atoms with Crippen LogP contribution in [0.15, 0.2) is 55.1 Å². The zero-order valence-corrected chi connectivity index (χ0v) is 21.3. The van der Waals surface area contributed by atoms with E-state index in [9.17, 15) is 22.8 Å². The molecule has 1 atom stereocenters. The second kappa shape index (κ2) is 11.8. The lowest BCUT2D eigenvalue weighted by molar-refractivity contribution is -0.274. The van der Waals surface area contributed by atoms with Gasteiger partial charge in [0.15, 0.2) is 5.78 Å². The number of amides is 1. The van der Waals surface area contributed by atoms with Crippen LogP contribution >= 0.6 is 0 Å². The predicted molar refractivity (Wildman–Crippen MR) is 134 cm³/mol. The van der Waals surface area contributed by atoms with Crippen LogP contribution in [-0.4, -0.2) is 54.9 Å². The third-order valence-corrected chi connectivity index (χ3v) is 6.40. The van der Waals surface area contributed by atoms with Gasteiger partial charge in [-0.1, -0.05) is 25.1 Å². The molecule has 0 bridgehead atoms. The predicted octanol–water partition coefficient (Wildman–Crippen LogP) is 6.20. The topological polar surface area (TPSA) is 65.1 Å². The van der Waals surface area contributed by atoms with Gasteiger partial charge in [0, 0.05) is 24.2 Å². The Balaban J connectivity index is 1.73. The van der Waals surface area contributed by atoms with Gasteiger partial charge in [-0.3, -0.25) is 9.59 Å². The highest BCUT2D eigenvalue weighted by Gasteiger charge is 2.50. The monoisotopic (exact) mass is 519 g/mol. The van der Waals surface area contributed by atoms with E-state index < -0.39 is 12.0 Å². The number of rotatable bonds is 13. The van der Waals surface area contributed by atoms with Crippen LogP contribution < -0.4 is 9.47 Å². The van der Waals surface area contributed by atoms with Crippen LogP contribution in [0.5, 0.6) is 11.5 Å². The summed E-state index contributed by atoms with van der Waals surface area (Å²) in [6, 6.07) is 10.3. The van der Waals surface area contributed by atoms with E-state index in [1.54, 1.807) is 42.2 Å². The van der Waals surface area contributed by atoms with Crippen molar-refractivity contribution in [1.29, 1.82) is 0 Å². The average molecular weight is 520 g/mol. The molecule has 1 fully saturated rings. The van der Waals surface area contributed by atoms with Crippen LogP contribution in [0.3, 0.4) is 0 Å². The summed E-state index contributed by atoms with van der Waals surface area (Å²) in [4.78, 5) is 26.8. The van der Waals surface area contributed by atoms with Crippen molar-refractivity contribution < 1.29 is 37.0 Å². The fourth-order valence-electron chi connectivity index (χ4n) is 4.15. The molecule has 6 nitrogen and oxygen atoms in total. The summed E-state index contributed by atoms with van der Waals surface area (Å²) < 4.78 is 53.4. The number of ether oxygens (including phenoxy) is 3. The number of carbonyl (C=O) groups excluding carboxylic acids is 2. The highest BCUT2D eigenvalue weighted by Crippen LogP contribution is 2.42. The van der Waals surface area contributed by atoms with E-state index in [1.165, 1.54) is 25.3 Å². The van der Waals surface area contributed by atoms with Crippen molar-refractivity contribution in [3.63, 3.8) is 0 Å². The van der Waals surface area contributed by atoms with Gasteiger partial charge in [-0.25, -0.2) is 0 Å². The maximum Gasteiger partial charge on any atom is 0.573 e. The van der Waals surface area contributed by atoms with Crippen molar-refractivity contribution in [2.45, 2.75) is 57.6 Å². The molecule has 37 heavy (non-hydrogen) atoms. The minimum Gasteiger partial charge on any atom is -0.496 e.